The first-order valence-corrected chi connectivity index (χ1v) is 9.89. The summed E-state index contributed by atoms with van der Waals surface area (Å²) in [4.78, 5) is 16.4. The molecule has 2 heterocycles. The van der Waals surface area contributed by atoms with E-state index < -0.39 is 27.2 Å². The molecule has 24 heavy (non-hydrogen) atoms. The molecule has 0 aromatic carbocycles. The molecule has 130 valence electrons. The number of allylic oxidation sites excluding steroid dienone is 7. The predicted molar refractivity (Wildman–Crippen MR) is 94.3 cm³/mol. The fraction of sp³-hybridized carbons (Fsp3) is 0.375. The average molecular weight is 418 g/mol. The number of fused-ring (bicyclic) bond motifs is 1. The number of carbonyl (C=O) groups is 1. The monoisotopic (exact) mass is 417 g/mol. The van der Waals surface area contributed by atoms with Gasteiger partial charge in [-0.15, -0.1) is 0 Å². The van der Waals surface area contributed by atoms with Crippen molar-refractivity contribution in [3.05, 3.63) is 45.6 Å². The number of hydrogen-bond donors (Lipinski definition) is 0. The van der Waals surface area contributed by atoms with Crippen LogP contribution in [0.1, 0.15) is 20.3 Å². The minimum absolute atomic E-state index is 0.237. The summed E-state index contributed by atoms with van der Waals surface area (Å²) in [6, 6.07) is 0. The molecule has 0 saturated carbocycles. The molecular weight excluding hydrogens is 401 g/mol. The van der Waals surface area contributed by atoms with Gasteiger partial charge in [-0.3, -0.25) is 9.79 Å². The Balaban J connectivity index is 2.34. The van der Waals surface area contributed by atoms with Crippen LogP contribution in [0, 0.1) is 0 Å². The van der Waals surface area contributed by atoms with E-state index >= 15 is 0 Å². The number of ether oxygens (including phenoxy) is 1. The van der Waals surface area contributed by atoms with Gasteiger partial charge in [0, 0.05) is 23.5 Å². The van der Waals surface area contributed by atoms with E-state index in [1.807, 2.05) is 0 Å². The second-order valence-corrected chi connectivity index (χ2v) is 8.32. The lowest BCUT2D eigenvalue weighted by atomic mass is 10.1. The van der Waals surface area contributed by atoms with Gasteiger partial charge in [0.1, 0.15) is 23.1 Å². The fourth-order valence-electron chi connectivity index (χ4n) is 2.34. The van der Waals surface area contributed by atoms with Crippen LogP contribution >= 0.6 is 15.9 Å². The molecule has 1 fully saturated rings. The molecule has 0 amide bonds. The number of hydrogen-bond acceptors (Lipinski definition) is 5. The van der Waals surface area contributed by atoms with Crippen molar-refractivity contribution in [3.8, 4) is 0 Å². The lowest BCUT2D eigenvalue weighted by Crippen LogP contribution is -2.35. The van der Waals surface area contributed by atoms with Crippen molar-refractivity contribution in [2.75, 3.05) is 18.1 Å². The van der Waals surface area contributed by atoms with Crippen molar-refractivity contribution < 1.29 is 22.3 Å². The zero-order valence-electron chi connectivity index (χ0n) is 13.3. The number of sulfone groups is 1. The molecule has 5 nitrogen and oxygen atoms in total. The predicted octanol–water partition coefficient (Wildman–Crippen LogP) is 3.16. The number of ketones is 1. The van der Waals surface area contributed by atoms with Crippen molar-refractivity contribution >= 4 is 37.3 Å². The summed E-state index contributed by atoms with van der Waals surface area (Å²) >= 11 is 3.31. The van der Waals surface area contributed by atoms with Crippen LogP contribution in [-0.2, 0) is 19.4 Å². The van der Waals surface area contributed by atoms with Gasteiger partial charge in [0.05, 0.1) is 17.0 Å². The van der Waals surface area contributed by atoms with Gasteiger partial charge in [0.15, 0.2) is 15.6 Å². The van der Waals surface area contributed by atoms with Crippen molar-refractivity contribution in [3.63, 3.8) is 0 Å². The minimum Gasteiger partial charge on any atom is -0.466 e. The highest BCUT2D eigenvalue weighted by molar-refractivity contribution is 9.12. The zero-order valence-corrected chi connectivity index (χ0v) is 15.7. The van der Waals surface area contributed by atoms with Gasteiger partial charge >= 0.3 is 0 Å². The van der Waals surface area contributed by atoms with Gasteiger partial charge in [0.25, 0.3) is 0 Å². The summed E-state index contributed by atoms with van der Waals surface area (Å²) < 4.78 is 42.7. The topological polar surface area (TPSA) is 72.8 Å². The molecule has 2 aliphatic rings. The Bertz CT molecular complexity index is 819. The lowest BCUT2D eigenvalue weighted by Gasteiger charge is -2.20. The maximum absolute atomic E-state index is 13.2. The molecule has 2 rings (SSSR count). The molecular formula is C16H17BrFNO4S. The van der Waals surface area contributed by atoms with Crippen LogP contribution in [0.15, 0.2) is 50.6 Å². The summed E-state index contributed by atoms with van der Waals surface area (Å²) in [5.41, 5.74) is 0.549. The average Bonchev–Trinajstić information content (AvgIpc) is 2.43. The van der Waals surface area contributed by atoms with Gasteiger partial charge in [-0.25, -0.2) is 12.8 Å². The summed E-state index contributed by atoms with van der Waals surface area (Å²) in [6.45, 7) is 3.48. The minimum atomic E-state index is -3.45. The Hall–Kier alpha value is -1.54. The van der Waals surface area contributed by atoms with Gasteiger partial charge in [0.2, 0.25) is 0 Å². The number of rotatable bonds is 3. The molecule has 0 unspecified atom stereocenters. The van der Waals surface area contributed by atoms with Crippen LogP contribution in [0.3, 0.4) is 0 Å². The third-order valence-electron chi connectivity index (χ3n) is 3.37. The SMILES string of the molecule is CC=C(F)C=C(C)OC1=CC(Br)=C2C(=O)CS(=O)(=O)CC2=NCC1. The van der Waals surface area contributed by atoms with Crippen molar-refractivity contribution in [2.24, 2.45) is 4.99 Å². The Labute approximate surface area is 148 Å². The molecule has 2 aliphatic heterocycles. The number of carbonyl (C=O) groups excluding carboxylic acids is 1. The van der Waals surface area contributed by atoms with E-state index in [1.54, 1.807) is 19.9 Å². The molecule has 0 aromatic rings. The Kier molecular flexibility index (Phi) is 5.92. The number of Topliss-reactive ketones (excluding diaryl/α,β-unsaturated/α-hetero) is 1. The highest BCUT2D eigenvalue weighted by Gasteiger charge is 2.33. The molecule has 0 radical (unpaired) electrons. The van der Waals surface area contributed by atoms with Gasteiger partial charge in [-0.1, -0.05) is 6.08 Å². The normalized spacial score (nSPS) is 22.2. The smallest absolute Gasteiger partial charge is 0.180 e. The van der Waals surface area contributed by atoms with E-state index in [-0.39, 0.29) is 23.6 Å². The van der Waals surface area contributed by atoms with E-state index in [0.29, 0.717) is 22.4 Å². The van der Waals surface area contributed by atoms with Gasteiger partial charge in [-0.2, -0.15) is 0 Å². The van der Waals surface area contributed by atoms with Crippen LogP contribution < -0.4 is 0 Å². The summed E-state index contributed by atoms with van der Waals surface area (Å²) in [7, 11) is -3.45. The van der Waals surface area contributed by atoms with Crippen LogP contribution in [0.2, 0.25) is 0 Å². The largest absolute Gasteiger partial charge is 0.466 e. The molecule has 0 N–H and O–H groups in total. The highest BCUT2D eigenvalue weighted by atomic mass is 79.9. The van der Waals surface area contributed by atoms with Crippen LogP contribution in [0.5, 0.6) is 0 Å². The van der Waals surface area contributed by atoms with Crippen molar-refractivity contribution in [1.29, 1.82) is 0 Å². The maximum Gasteiger partial charge on any atom is 0.180 e. The molecule has 0 aromatic heterocycles. The molecule has 0 spiro atoms. The van der Waals surface area contributed by atoms with E-state index in [0.717, 1.165) is 0 Å². The van der Waals surface area contributed by atoms with Gasteiger partial charge < -0.3 is 4.74 Å². The van der Waals surface area contributed by atoms with Crippen molar-refractivity contribution in [2.45, 2.75) is 20.3 Å². The fourth-order valence-corrected chi connectivity index (χ4v) is 4.34. The van der Waals surface area contributed by atoms with Crippen LogP contribution in [-0.4, -0.2) is 38.0 Å². The van der Waals surface area contributed by atoms with E-state index in [9.17, 15) is 17.6 Å². The van der Waals surface area contributed by atoms with Crippen molar-refractivity contribution in [1.82, 2.24) is 0 Å². The molecule has 0 bridgehead atoms. The lowest BCUT2D eigenvalue weighted by molar-refractivity contribution is -0.112. The summed E-state index contributed by atoms with van der Waals surface area (Å²) in [5, 5.41) is 0. The quantitative estimate of drug-likeness (QED) is 0.522. The molecule has 1 saturated heterocycles. The highest BCUT2D eigenvalue weighted by Crippen LogP contribution is 2.27. The van der Waals surface area contributed by atoms with Crippen LogP contribution in [0.4, 0.5) is 4.39 Å². The summed E-state index contributed by atoms with van der Waals surface area (Å²) in [5.74, 6) is -0.786. The van der Waals surface area contributed by atoms with E-state index in [1.165, 1.54) is 12.2 Å². The third kappa shape index (κ3) is 4.73. The number of aliphatic imine (C=N–C) groups is 1. The molecule has 0 aliphatic carbocycles. The third-order valence-corrected chi connectivity index (χ3v) is 5.41. The number of nitrogens with zero attached hydrogens (tertiary/aromatic N) is 1. The Morgan fingerprint density at radius 2 is 2.12 bits per heavy atom. The second kappa shape index (κ2) is 7.57. The zero-order chi connectivity index (χ0) is 17.9. The number of halogens is 2. The Morgan fingerprint density at radius 1 is 1.42 bits per heavy atom. The first-order valence-electron chi connectivity index (χ1n) is 7.27. The second-order valence-electron chi connectivity index (χ2n) is 5.40. The standard InChI is InChI=1S/C16H17BrFNO4S/c1-3-11(18)6-10(2)23-12-4-5-19-14-8-24(21,22)9-15(20)16(14)13(17)7-12/h3,6-7H,4-5,8-9H2,1-2H3. The molecule has 8 heteroatoms. The van der Waals surface area contributed by atoms with Gasteiger partial charge in [-0.05, 0) is 35.9 Å². The summed E-state index contributed by atoms with van der Waals surface area (Å²) in [6.07, 6.45) is 4.59. The first kappa shape index (κ1) is 18.8. The Morgan fingerprint density at radius 3 is 2.79 bits per heavy atom. The first-order chi connectivity index (χ1) is 11.2. The van der Waals surface area contributed by atoms with Crippen LogP contribution in [0.25, 0.3) is 0 Å². The molecule has 0 atom stereocenters. The van der Waals surface area contributed by atoms with E-state index in [4.69, 9.17) is 4.74 Å². The van der Waals surface area contributed by atoms with E-state index in [2.05, 4.69) is 20.9 Å². The maximum atomic E-state index is 13.2.